The molecule has 1 fully saturated rings. The second kappa shape index (κ2) is 7.16. The van der Waals surface area contributed by atoms with Crippen LogP contribution in [0.25, 0.3) is 0 Å². The van der Waals surface area contributed by atoms with E-state index in [2.05, 4.69) is 21.3 Å². The lowest BCUT2D eigenvalue weighted by Gasteiger charge is -2.32. The summed E-state index contributed by atoms with van der Waals surface area (Å²) in [6, 6.07) is 5.67. The zero-order chi connectivity index (χ0) is 16.1. The highest BCUT2D eigenvalue weighted by molar-refractivity contribution is 5.93. The highest BCUT2D eigenvalue weighted by Crippen LogP contribution is 2.18. The van der Waals surface area contributed by atoms with E-state index in [9.17, 15) is 4.79 Å². The van der Waals surface area contributed by atoms with E-state index >= 15 is 0 Å². The first-order valence-electron chi connectivity index (χ1n) is 7.85. The molecule has 0 bridgehead atoms. The van der Waals surface area contributed by atoms with Crippen molar-refractivity contribution in [2.75, 3.05) is 19.6 Å². The van der Waals surface area contributed by atoms with E-state index in [4.69, 9.17) is 9.68 Å². The molecule has 1 aliphatic rings. The maximum atomic E-state index is 11.9. The quantitative estimate of drug-likeness (QED) is 0.885. The Morgan fingerprint density at radius 3 is 3.22 bits per heavy atom. The molecule has 0 aromatic carbocycles. The summed E-state index contributed by atoms with van der Waals surface area (Å²) in [5.41, 5.74) is 2.29. The van der Waals surface area contributed by atoms with E-state index in [0.717, 1.165) is 38.0 Å². The fourth-order valence-electron chi connectivity index (χ4n) is 3.05. The molecule has 0 radical (unpaired) electrons. The van der Waals surface area contributed by atoms with Crippen LogP contribution in [-0.4, -0.2) is 35.4 Å². The van der Waals surface area contributed by atoms with Gasteiger partial charge in [0.25, 0.3) is 5.91 Å². The minimum Gasteiger partial charge on any atom is -0.472 e. The Kier molecular flexibility index (Phi) is 4.79. The number of aromatic amines is 1. The van der Waals surface area contributed by atoms with Gasteiger partial charge in [0, 0.05) is 25.8 Å². The standard InChI is InChI=1S/C17H20N4O2/c18-7-16-6-14(9-19-16)11-21-4-1-2-13(10-21)8-20-17(22)15-3-5-23-12-15/h3,5-6,9,12-13,19H,1-2,4,8,10-11H2,(H,20,22). The number of piperidine rings is 1. The second-order valence-corrected chi connectivity index (χ2v) is 6.00. The maximum absolute atomic E-state index is 11.9. The lowest BCUT2D eigenvalue weighted by Crippen LogP contribution is -2.40. The first-order chi connectivity index (χ1) is 11.2. The van der Waals surface area contributed by atoms with E-state index in [-0.39, 0.29) is 5.91 Å². The van der Waals surface area contributed by atoms with Gasteiger partial charge in [0.2, 0.25) is 0 Å². The summed E-state index contributed by atoms with van der Waals surface area (Å²) in [5, 5.41) is 11.8. The van der Waals surface area contributed by atoms with Crippen LogP contribution in [0.5, 0.6) is 0 Å². The van der Waals surface area contributed by atoms with Gasteiger partial charge in [-0.25, -0.2) is 0 Å². The molecule has 120 valence electrons. The van der Waals surface area contributed by atoms with Gasteiger partial charge < -0.3 is 14.7 Å². The molecule has 0 saturated carbocycles. The number of nitrogens with one attached hydrogen (secondary N) is 2. The van der Waals surface area contributed by atoms with Crippen LogP contribution in [0.4, 0.5) is 0 Å². The third-order valence-electron chi connectivity index (χ3n) is 4.21. The van der Waals surface area contributed by atoms with Crippen LogP contribution < -0.4 is 5.32 Å². The van der Waals surface area contributed by atoms with Crippen molar-refractivity contribution < 1.29 is 9.21 Å². The summed E-state index contributed by atoms with van der Waals surface area (Å²) in [7, 11) is 0. The number of nitrogens with zero attached hydrogens (tertiary/aromatic N) is 2. The fraction of sp³-hybridized carbons (Fsp3) is 0.412. The van der Waals surface area contributed by atoms with Crippen molar-refractivity contribution in [3.05, 3.63) is 47.7 Å². The van der Waals surface area contributed by atoms with Crippen LogP contribution in [-0.2, 0) is 6.54 Å². The summed E-state index contributed by atoms with van der Waals surface area (Å²) in [4.78, 5) is 17.3. The van der Waals surface area contributed by atoms with Crippen LogP contribution >= 0.6 is 0 Å². The first kappa shape index (κ1) is 15.4. The molecule has 6 heteroatoms. The van der Waals surface area contributed by atoms with Gasteiger partial charge >= 0.3 is 0 Å². The highest BCUT2D eigenvalue weighted by Gasteiger charge is 2.21. The molecule has 6 nitrogen and oxygen atoms in total. The van der Waals surface area contributed by atoms with Gasteiger partial charge in [-0.3, -0.25) is 9.69 Å². The van der Waals surface area contributed by atoms with Crippen molar-refractivity contribution in [1.82, 2.24) is 15.2 Å². The summed E-state index contributed by atoms with van der Waals surface area (Å²) in [6.07, 6.45) is 7.11. The number of hydrogen-bond acceptors (Lipinski definition) is 4. The number of carbonyl (C=O) groups is 1. The average Bonchev–Trinajstić information content (AvgIpc) is 3.24. The maximum Gasteiger partial charge on any atom is 0.254 e. The molecule has 3 heterocycles. The molecular weight excluding hydrogens is 292 g/mol. The number of H-pyrrole nitrogens is 1. The van der Waals surface area contributed by atoms with E-state index < -0.39 is 0 Å². The fourth-order valence-corrected chi connectivity index (χ4v) is 3.05. The number of nitriles is 1. The Labute approximate surface area is 135 Å². The number of likely N-dealkylation sites (tertiary alicyclic amines) is 1. The number of aromatic nitrogens is 1. The van der Waals surface area contributed by atoms with E-state index in [0.29, 0.717) is 23.7 Å². The largest absolute Gasteiger partial charge is 0.472 e. The summed E-state index contributed by atoms with van der Waals surface area (Å²) >= 11 is 0. The Bertz CT molecular complexity index is 684. The SMILES string of the molecule is N#Cc1cc(CN2CCCC(CNC(=O)c3ccoc3)C2)c[nH]1. The Balaban J connectivity index is 1.48. The van der Waals surface area contributed by atoms with Gasteiger partial charge in [-0.2, -0.15) is 5.26 Å². The van der Waals surface area contributed by atoms with Gasteiger partial charge in [-0.05, 0) is 43.0 Å². The van der Waals surface area contributed by atoms with Gasteiger partial charge in [-0.15, -0.1) is 0 Å². The molecule has 2 N–H and O–H groups in total. The molecule has 1 amide bonds. The lowest BCUT2D eigenvalue weighted by atomic mass is 9.97. The molecular formula is C17H20N4O2. The molecule has 2 aromatic rings. The van der Waals surface area contributed by atoms with Crippen LogP contribution in [0.1, 0.15) is 34.5 Å². The van der Waals surface area contributed by atoms with Gasteiger partial charge in [0.15, 0.2) is 0 Å². The average molecular weight is 312 g/mol. The van der Waals surface area contributed by atoms with Gasteiger partial charge in [0.1, 0.15) is 18.0 Å². The minimum absolute atomic E-state index is 0.0832. The summed E-state index contributed by atoms with van der Waals surface area (Å²) < 4.78 is 4.93. The van der Waals surface area contributed by atoms with Crippen molar-refractivity contribution in [3.63, 3.8) is 0 Å². The zero-order valence-corrected chi connectivity index (χ0v) is 12.9. The molecule has 23 heavy (non-hydrogen) atoms. The molecule has 1 saturated heterocycles. The minimum atomic E-state index is -0.0832. The monoisotopic (exact) mass is 312 g/mol. The van der Waals surface area contributed by atoms with Crippen LogP contribution in [0.15, 0.2) is 35.3 Å². The molecule has 3 rings (SSSR count). The third-order valence-corrected chi connectivity index (χ3v) is 4.21. The molecule has 0 spiro atoms. The van der Waals surface area contributed by atoms with E-state index in [1.165, 1.54) is 12.5 Å². The number of carbonyl (C=O) groups excluding carboxylic acids is 1. The molecule has 1 aliphatic heterocycles. The van der Waals surface area contributed by atoms with Crippen molar-refractivity contribution in [2.45, 2.75) is 19.4 Å². The third kappa shape index (κ3) is 4.02. The normalized spacial score (nSPS) is 18.5. The van der Waals surface area contributed by atoms with Crippen LogP contribution in [0.3, 0.4) is 0 Å². The zero-order valence-electron chi connectivity index (χ0n) is 12.9. The number of rotatable bonds is 5. The Morgan fingerprint density at radius 2 is 2.48 bits per heavy atom. The molecule has 1 atom stereocenters. The van der Waals surface area contributed by atoms with Crippen LogP contribution in [0, 0.1) is 17.2 Å². The number of amides is 1. The lowest BCUT2D eigenvalue weighted by molar-refractivity contribution is 0.0930. The first-order valence-corrected chi connectivity index (χ1v) is 7.85. The van der Waals surface area contributed by atoms with Crippen molar-refractivity contribution in [3.8, 4) is 6.07 Å². The predicted molar refractivity (Wildman–Crippen MR) is 84.5 cm³/mol. The van der Waals surface area contributed by atoms with Gasteiger partial charge in [-0.1, -0.05) is 0 Å². The smallest absolute Gasteiger partial charge is 0.254 e. The second-order valence-electron chi connectivity index (χ2n) is 6.00. The molecule has 1 unspecified atom stereocenters. The molecule has 2 aromatic heterocycles. The highest BCUT2D eigenvalue weighted by atomic mass is 16.3. The van der Waals surface area contributed by atoms with Crippen LogP contribution in [0.2, 0.25) is 0 Å². The van der Waals surface area contributed by atoms with Crippen molar-refractivity contribution >= 4 is 5.91 Å². The topological polar surface area (TPSA) is 85.1 Å². The Morgan fingerprint density at radius 1 is 1.57 bits per heavy atom. The van der Waals surface area contributed by atoms with Crippen molar-refractivity contribution in [2.24, 2.45) is 5.92 Å². The summed E-state index contributed by atoms with van der Waals surface area (Å²) in [6.45, 7) is 3.53. The van der Waals surface area contributed by atoms with E-state index in [1.807, 2.05) is 12.3 Å². The van der Waals surface area contributed by atoms with E-state index in [1.54, 1.807) is 6.07 Å². The van der Waals surface area contributed by atoms with Gasteiger partial charge in [0.05, 0.1) is 11.8 Å². The molecule has 0 aliphatic carbocycles. The van der Waals surface area contributed by atoms with Crippen molar-refractivity contribution in [1.29, 1.82) is 5.26 Å². The summed E-state index contributed by atoms with van der Waals surface area (Å²) in [5.74, 6) is 0.370. The number of furan rings is 1. The predicted octanol–water partition coefficient (Wildman–Crippen LogP) is 2.12. The Hall–Kier alpha value is -2.52. The number of hydrogen-bond donors (Lipinski definition) is 2.